The zero-order chi connectivity index (χ0) is 18.4. The zero-order valence-electron chi connectivity index (χ0n) is 13.2. The number of hydrogen-bond acceptors (Lipinski definition) is 4. The highest BCUT2D eigenvalue weighted by atomic mass is 127. The van der Waals surface area contributed by atoms with Gasteiger partial charge in [-0.25, -0.2) is 9.67 Å². The summed E-state index contributed by atoms with van der Waals surface area (Å²) in [6.07, 6.45) is -2.75. The van der Waals surface area contributed by atoms with Crippen LogP contribution in [-0.4, -0.2) is 24.7 Å². The van der Waals surface area contributed by atoms with Crippen LogP contribution in [0.25, 0.3) is 11.0 Å². The van der Waals surface area contributed by atoms with Gasteiger partial charge in [-0.3, -0.25) is 9.78 Å². The minimum atomic E-state index is -4.49. The molecule has 0 fully saturated rings. The molecule has 1 atom stereocenters. The number of hydrogen-bond donors (Lipinski definition) is 1. The third-order valence-electron chi connectivity index (χ3n) is 3.78. The van der Waals surface area contributed by atoms with E-state index in [1.165, 1.54) is 12.3 Å². The zero-order valence-corrected chi connectivity index (χ0v) is 15.4. The summed E-state index contributed by atoms with van der Waals surface area (Å²) in [6.45, 7) is 3.54. The van der Waals surface area contributed by atoms with Crippen molar-refractivity contribution in [3.63, 3.8) is 0 Å². The highest BCUT2D eigenvalue weighted by molar-refractivity contribution is 14.1. The van der Waals surface area contributed by atoms with Gasteiger partial charge in [-0.1, -0.05) is 13.0 Å². The Morgan fingerprint density at radius 1 is 1.36 bits per heavy atom. The molecule has 1 N–H and O–H groups in total. The van der Waals surface area contributed by atoms with Gasteiger partial charge in [0.2, 0.25) is 0 Å². The Balaban J connectivity index is 2.13. The number of aromatic nitrogens is 5. The number of pyridine rings is 1. The fourth-order valence-electron chi connectivity index (χ4n) is 2.65. The van der Waals surface area contributed by atoms with Crippen molar-refractivity contribution >= 4 is 33.6 Å². The molecule has 3 aromatic rings. The molecule has 132 valence electrons. The van der Waals surface area contributed by atoms with Gasteiger partial charge >= 0.3 is 6.18 Å². The lowest BCUT2D eigenvalue weighted by molar-refractivity contribution is -0.141. The molecule has 6 nitrogen and oxygen atoms in total. The topological polar surface area (TPSA) is 76.5 Å². The van der Waals surface area contributed by atoms with E-state index in [-0.39, 0.29) is 11.6 Å². The van der Waals surface area contributed by atoms with Gasteiger partial charge in [0.05, 0.1) is 6.04 Å². The molecule has 0 aromatic carbocycles. The molecule has 0 radical (unpaired) electrons. The average Bonchev–Trinajstić information content (AvgIpc) is 2.84. The molecular formula is C15H13F3IN5O. The minimum Gasteiger partial charge on any atom is -0.310 e. The Morgan fingerprint density at radius 2 is 2.08 bits per heavy atom. The number of halogens is 4. The second-order valence-corrected chi connectivity index (χ2v) is 6.51. The van der Waals surface area contributed by atoms with Crippen LogP contribution < -0.4 is 5.56 Å². The SMILES string of the molecule is CCC(c1ccc(C(F)(F)F)nc1)n1nc(I)c2c(=O)[nH]c(C)nc21. The Labute approximate surface area is 153 Å². The monoisotopic (exact) mass is 463 g/mol. The number of fused-ring (bicyclic) bond motifs is 1. The smallest absolute Gasteiger partial charge is 0.310 e. The quantitative estimate of drug-likeness (QED) is 0.604. The molecule has 3 aromatic heterocycles. The van der Waals surface area contributed by atoms with Gasteiger partial charge in [0.15, 0.2) is 5.65 Å². The maximum atomic E-state index is 12.7. The fraction of sp³-hybridized carbons (Fsp3) is 0.333. The van der Waals surface area contributed by atoms with Crippen LogP contribution in [0, 0.1) is 10.6 Å². The molecule has 0 bridgehead atoms. The van der Waals surface area contributed by atoms with Crippen molar-refractivity contribution in [3.05, 3.63) is 49.5 Å². The van der Waals surface area contributed by atoms with Crippen molar-refractivity contribution in [1.82, 2.24) is 24.7 Å². The summed E-state index contributed by atoms with van der Waals surface area (Å²) in [7, 11) is 0. The van der Waals surface area contributed by atoms with Crippen molar-refractivity contribution in [2.45, 2.75) is 32.5 Å². The van der Waals surface area contributed by atoms with Crippen LogP contribution in [0.2, 0.25) is 0 Å². The number of nitrogens with one attached hydrogen (secondary N) is 1. The normalized spacial score (nSPS) is 13.4. The van der Waals surface area contributed by atoms with Gasteiger partial charge < -0.3 is 4.98 Å². The van der Waals surface area contributed by atoms with Gasteiger partial charge in [0.25, 0.3) is 5.56 Å². The van der Waals surface area contributed by atoms with Crippen LogP contribution in [-0.2, 0) is 6.18 Å². The second kappa shape index (κ2) is 6.39. The number of aromatic amines is 1. The molecule has 1 unspecified atom stereocenters. The molecule has 0 spiro atoms. The highest BCUT2D eigenvalue weighted by Gasteiger charge is 2.32. The number of H-pyrrole nitrogens is 1. The molecule has 10 heteroatoms. The molecule has 0 amide bonds. The number of alkyl halides is 3. The lowest BCUT2D eigenvalue weighted by Crippen LogP contribution is -2.16. The summed E-state index contributed by atoms with van der Waals surface area (Å²) >= 11 is 1.94. The Kier molecular flexibility index (Phi) is 4.56. The minimum absolute atomic E-state index is 0.293. The summed E-state index contributed by atoms with van der Waals surface area (Å²) in [4.78, 5) is 22.6. The fourth-order valence-corrected chi connectivity index (χ4v) is 3.37. The van der Waals surface area contributed by atoms with Crippen LogP contribution in [0.4, 0.5) is 13.2 Å². The van der Waals surface area contributed by atoms with Crippen molar-refractivity contribution in [2.24, 2.45) is 0 Å². The molecule has 3 heterocycles. The van der Waals surface area contributed by atoms with Crippen LogP contribution in [0.15, 0.2) is 23.1 Å². The maximum Gasteiger partial charge on any atom is 0.433 e. The van der Waals surface area contributed by atoms with E-state index in [0.717, 1.165) is 6.07 Å². The number of nitrogens with zero attached hydrogens (tertiary/aromatic N) is 4. The van der Waals surface area contributed by atoms with E-state index < -0.39 is 11.9 Å². The van der Waals surface area contributed by atoms with E-state index in [9.17, 15) is 18.0 Å². The first-order valence-corrected chi connectivity index (χ1v) is 8.48. The van der Waals surface area contributed by atoms with Crippen molar-refractivity contribution in [3.8, 4) is 0 Å². The molecule has 3 rings (SSSR count). The molecule has 25 heavy (non-hydrogen) atoms. The molecule has 0 saturated heterocycles. The first-order valence-electron chi connectivity index (χ1n) is 7.40. The third-order valence-corrected chi connectivity index (χ3v) is 4.54. The highest BCUT2D eigenvalue weighted by Crippen LogP contribution is 2.30. The van der Waals surface area contributed by atoms with Crippen LogP contribution in [0.5, 0.6) is 0 Å². The summed E-state index contributed by atoms with van der Waals surface area (Å²) in [6, 6.07) is 1.94. The van der Waals surface area contributed by atoms with Gasteiger partial charge in [0.1, 0.15) is 20.6 Å². The molecular weight excluding hydrogens is 450 g/mol. The predicted molar refractivity (Wildman–Crippen MR) is 93.3 cm³/mol. The second-order valence-electron chi connectivity index (χ2n) is 5.48. The van der Waals surface area contributed by atoms with Gasteiger partial charge in [0, 0.05) is 6.20 Å². The van der Waals surface area contributed by atoms with E-state index in [4.69, 9.17) is 0 Å². The van der Waals surface area contributed by atoms with E-state index in [1.54, 1.807) is 11.6 Å². The van der Waals surface area contributed by atoms with E-state index in [2.05, 4.69) is 20.1 Å². The predicted octanol–water partition coefficient (Wildman–Crippen LogP) is 3.45. The number of aryl methyl sites for hydroxylation is 1. The maximum absolute atomic E-state index is 12.7. The summed E-state index contributed by atoms with van der Waals surface area (Å²) in [5.74, 6) is 0.440. The van der Waals surface area contributed by atoms with Gasteiger partial charge in [-0.05, 0) is 47.6 Å². The Bertz CT molecular complexity index is 978. The standard InChI is InChI=1S/C15H13F3IN5O/c1-3-9(8-4-5-10(20-6-8)15(16,17)18)24-13-11(12(19)23-24)14(25)22-7(2)21-13/h4-6,9H,3H2,1-2H3,(H,21,22,25). The van der Waals surface area contributed by atoms with Crippen molar-refractivity contribution < 1.29 is 13.2 Å². The number of rotatable bonds is 3. The first-order chi connectivity index (χ1) is 11.7. The van der Waals surface area contributed by atoms with Gasteiger partial charge in [-0.2, -0.15) is 18.3 Å². The Hall–Kier alpha value is -1.98. The average molecular weight is 463 g/mol. The summed E-state index contributed by atoms with van der Waals surface area (Å²) < 4.78 is 40.1. The van der Waals surface area contributed by atoms with Crippen LogP contribution >= 0.6 is 22.6 Å². The molecule has 0 saturated carbocycles. The lowest BCUT2D eigenvalue weighted by atomic mass is 10.1. The first kappa shape index (κ1) is 17.8. The van der Waals surface area contributed by atoms with Crippen LogP contribution in [0.3, 0.4) is 0 Å². The Morgan fingerprint density at radius 3 is 2.64 bits per heavy atom. The summed E-state index contributed by atoms with van der Waals surface area (Å²) in [5.41, 5.74) is -0.275. The lowest BCUT2D eigenvalue weighted by Gasteiger charge is -2.17. The van der Waals surface area contributed by atoms with E-state index in [0.29, 0.717) is 32.5 Å². The summed E-state index contributed by atoms with van der Waals surface area (Å²) in [5, 5.41) is 4.75. The van der Waals surface area contributed by atoms with Crippen LogP contribution in [0.1, 0.15) is 36.5 Å². The van der Waals surface area contributed by atoms with E-state index in [1.807, 2.05) is 29.5 Å². The van der Waals surface area contributed by atoms with E-state index >= 15 is 0 Å². The molecule has 0 aliphatic carbocycles. The van der Waals surface area contributed by atoms with Crippen molar-refractivity contribution in [2.75, 3.05) is 0 Å². The molecule has 0 aliphatic rings. The molecule has 0 aliphatic heterocycles. The third kappa shape index (κ3) is 3.26. The van der Waals surface area contributed by atoms with Gasteiger partial charge in [-0.15, -0.1) is 0 Å². The largest absolute Gasteiger partial charge is 0.433 e. The van der Waals surface area contributed by atoms with Crippen molar-refractivity contribution in [1.29, 1.82) is 0 Å².